The third kappa shape index (κ3) is 5.51. The standard InChI is InChI=1S/C19H18F3N3O5S/c20-19(21,22)31(29)15-6-7-17(16(12-15)25(27)28)30-13-18(26)24-10-8-23(9-11-24)14-4-2-1-3-5-14/h1-7,12H,8-11,13H2. The van der Waals surface area contributed by atoms with E-state index in [2.05, 4.69) is 4.90 Å². The summed E-state index contributed by atoms with van der Waals surface area (Å²) in [6, 6.07) is 12.0. The number of nitro benzene ring substituents is 1. The number of piperazine rings is 1. The summed E-state index contributed by atoms with van der Waals surface area (Å²) in [7, 11) is -3.41. The molecule has 1 fully saturated rings. The van der Waals surface area contributed by atoms with Crippen LogP contribution in [0, 0.1) is 10.1 Å². The Hall–Kier alpha value is -3.15. The average molecular weight is 457 g/mol. The van der Waals surface area contributed by atoms with Gasteiger partial charge in [-0.15, -0.1) is 0 Å². The van der Waals surface area contributed by atoms with Gasteiger partial charge < -0.3 is 14.5 Å². The number of ether oxygens (including phenoxy) is 1. The molecule has 3 rings (SSSR count). The van der Waals surface area contributed by atoms with Crippen LogP contribution in [0.2, 0.25) is 0 Å². The first kappa shape index (κ1) is 22.5. The first-order chi connectivity index (χ1) is 14.7. The summed E-state index contributed by atoms with van der Waals surface area (Å²) in [5.74, 6) is -0.769. The van der Waals surface area contributed by atoms with E-state index in [9.17, 15) is 32.3 Å². The molecular weight excluding hydrogens is 439 g/mol. The number of carbonyl (C=O) groups excluding carboxylic acids is 1. The van der Waals surface area contributed by atoms with Gasteiger partial charge in [0.25, 0.3) is 5.91 Å². The number of carbonyl (C=O) groups is 1. The molecule has 31 heavy (non-hydrogen) atoms. The Bertz CT molecular complexity index is 979. The normalized spacial score (nSPS) is 15.5. The predicted octanol–water partition coefficient (Wildman–Crippen LogP) is 2.95. The monoisotopic (exact) mass is 457 g/mol. The van der Waals surface area contributed by atoms with E-state index in [-0.39, 0.29) is 5.75 Å². The maximum atomic E-state index is 12.6. The zero-order valence-electron chi connectivity index (χ0n) is 16.1. The molecule has 1 heterocycles. The molecule has 2 aromatic rings. The number of hydrogen-bond acceptors (Lipinski definition) is 6. The van der Waals surface area contributed by atoms with Crippen LogP contribution >= 0.6 is 0 Å². The van der Waals surface area contributed by atoms with E-state index in [1.807, 2.05) is 30.3 Å². The SMILES string of the molecule is O=C(COc1ccc(S(=O)C(F)(F)F)cc1[N+](=O)[O-])N1CCN(c2ccccc2)CC1. The van der Waals surface area contributed by atoms with E-state index in [4.69, 9.17) is 4.74 Å². The second kappa shape index (κ2) is 9.33. The molecule has 1 amide bonds. The zero-order valence-corrected chi connectivity index (χ0v) is 16.9. The van der Waals surface area contributed by atoms with Gasteiger partial charge in [0.2, 0.25) is 0 Å². The highest BCUT2D eigenvalue weighted by molar-refractivity contribution is 7.86. The molecule has 0 aliphatic carbocycles. The highest BCUT2D eigenvalue weighted by atomic mass is 32.2. The van der Waals surface area contributed by atoms with Gasteiger partial charge in [0.05, 0.1) is 9.82 Å². The second-order valence-electron chi connectivity index (χ2n) is 6.59. The van der Waals surface area contributed by atoms with Crippen LogP contribution in [-0.2, 0) is 15.6 Å². The fourth-order valence-corrected chi connectivity index (χ4v) is 3.77. The van der Waals surface area contributed by atoms with Gasteiger partial charge in [-0.3, -0.25) is 14.9 Å². The molecule has 0 aromatic heterocycles. The van der Waals surface area contributed by atoms with Crippen LogP contribution in [0.25, 0.3) is 0 Å². The summed E-state index contributed by atoms with van der Waals surface area (Å²) in [4.78, 5) is 25.6. The second-order valence-corrected chi connectivity index (χ2v) is 8.06. The van der Waals surface area contributed by atoms with Gasteiger partial charge in [0.1, 0.15) is 0 Å². The minimum Gasteiger partial charge on any atom is -0.477 e. The number of para-hydroxylation sites is 1. The van der Waals surface area contributed by atoms with E-state index in [0.717, 1.165) is 17.8 Å². The summed E-state index contributed by atoms with van der Waals surface area (Å²) < 4.78 is 54.5. The van der Waals surface area contributed by atoms with Crippen molar-refractivity contribution in [1.29, 1.82) is 0 Å². The van der Waals surface area contributed by atoms with Crippen LogP contribution in [-0.4, -0.2) is 58.2 Å². The van der Waals surface area contributed by atoms with Gasteiger partial charge in [0.15, 0.2) is 23.2 Å². The summed E-state index contributed by atoms with van der Waals surface area (Å²) in [6.45, 7) is 1.57. The number of benzene rings is 2. The van der Waals surface area contributed by atoms with Crippen LogP contribution < -0.4 is 9.64 Å². The van der Waals surface area contributed by atoms with E-state index in [0.29, 0.717) is 32.2 Å². The van der Waals surface area contributed by atoms with Crippen molar-refractivity contribution in [1.82, 2.24) is 4.90 Å². The summed E-state index contributed by atoms with van der Waals surface area (Å²) >= 11 is 0. The van der Waals surface area contributed by atoms with E-state index < -0.39 is 44.3 Å². The number of hydrogen-bond donors (Lipinski definition) is 0. The Labute approximate surface area is 177 Å². The lowest BCUT2D eigenvalue weighted by Crippen LogP contribution is -2.50. The highest BCUT2D eigenvalue weighted by Gasteiger charge is 2.39. The third-order valence-electron chi connectivity index (χ3n) is 4.66. The van der Waals surface area contributed by atoms with Gasteiger partial charge in [-0.05, 0) is 24.3 Å². The van der Waals surface area contributed by atoms with Crippen molar-refractivity contribution in [2.24, 2.45) is 0 Å². The fourth-order valence-electron chi connectivity index (χ4n) is 3.09. The first-order valence-electron chi connectivity index (χ1n) is 9.14. The molecule has 12 heteroatoms. The van der Waals surface area contributed by atoms with Crippen LogP contribution in [0.4, 0.5) is 24.5 Å². The lowest BCUT2D eigenvalue weighted by Gasteiger charge is -2.36. The average Bonchev–Trinajstić information content (AvgIpc) is 2.77. The molecule has 0 radical (unpaired) electrons. The van der Waals surface area contributed by atoms with Gasteiger partial charge in [-0.25, -0.2) is 4.21 Å². The molecule has 0 saturated carbocycles. The van der Waals surface area contributed by atoms with Gasteiger partial charge in [-0.2, -0.15) is 13.2 Å². The van der Waals surface area contributed by atoms with Crippen molar-refractivity contribution >= 4 is 28.1 Å². The van der Waals surface area contributed by atoms with Crippen molar-refractivity contribution in [3.05, 3.63) is 58.6 Å². The molecule has 1 saturated heterocycles. The Morgan fingerprint density at radius 2 is 1.74 bits per heavy atom. The smallest absolute Gasteiger partial charge is 0.475 e. The largest absolute Gasteiger partial charge is 0.477 e. The number of anilines is 1. The quantitative estimate of drug-likeness (QED) is 0.489. The minimum atomic E-state index is -5.05. The molecule has 0 spiro atoms. The summed E-state index contributed by atoms with van der Waals surface area (Å²) in [5, 5.41) is 11.2. The topological polar surface area (TPSA) is 93.0 Å². The van der Waals surface area contributed by atoms with E-state index in [1.165, 1.54) is 0 Å². The van der Waals surface area contributed by atoms with E-state index in [1.54, 1.807) is 4.90 Å². The molecule has 8 nitrogen and oxygen atoms in total. The number of nitro groups is 1. The number of rotatable bonds is 6. The number of nitrogens with zero attached hydrogens (tertiary/aromatic N) is 3. The molecule has 1 aliphatic heterocycles. The molecule has 2 aromatic carbocycles. The number of alkyl halides is 3. The Morgan fingerprint density at radius 3 is 2.32 bits per heavy atom. The maximum Gasteiger partial charge on any atom is 0.475 e. The zero-order chi connectivity index (χ0) is 22.6. The van der Waals surface area contributed by atoms with E-state index >= 15 is 0 Å². The molecule has 0 bridgehead atoms. The minimum absolute atomic E-state index is 0.371. The maximum absolute atomic E-state index is 12.6. The predicted molar refractivity (Wildman–Crippen MR) is 106 cm³/mol. The third-order valence-corrected chi connectivity index (χ3v) is 5.76. The lowest BCUT2D eigenvalue weighted by molar-refractivity contribution is -0.386. The fraction of sp³-hybridized carbons (Fsp3) is 0.316. The van der Waals surface area contributed by atoms with Crippen molar-refractivity contribution in [3.63, 3.8) is 0 Å². The van der Waals surface area contributed by atoms with Crippen LogP contribution in [0.1, 0.15) is 0 Å². The Morgan fingerprint density at radius 1 is 1.10 bits per heavy atom. The summed E-state index contributed by atoms with van der Waals surface area (Å²) in [5.41, 5.74) is -4.80. The molecule has 1 aliphatic rings. The lowest BCUT2D eigenvalue weighted by atomic mass is 10.2. The van der Waals surface area contributed by atoms with Crippen LogP contribution in [0.15, 0.2) is 53.4 Å². The highest BCUT2D eigenvalue weighted by Crippen LogP contribution is 2.33. The molecule has 166 valence electrons. The molecule has 1 atom stereocenters. The first-order valence-corrected chi connectivity index (χ1v) is 10.3. The molecule has 1 unspecified atom stereocenters. The number of halogens is 3. The Balaban J connectivity index is 1.61. The number of amides is 1. The van der Waals surface area contributed by atoms with Gasteiger partial charge in [-0.1, -0.05) is 18.2 Å². The van der Waals surface area contributed by atoms with Gasteiger partial charge >= 0.3 is 11.2 Å². The van der Waals surface area contributed by atoms with Gasteiger partial charge in [0, 0.05) is 37.9 Å². The van der Waals surface area contributed by atoms with Crippen LogP contribution in [0.3, 0.4) is 0 Å². The molecule has 0 N–H and O–H groups in total. The van der Waals surface area contributed by atoms with Crippen molar-refractivity contribution in [2.75, 3.05) is 37.7 Å². The van der Waals surface area contributed by atoms with Crippen molar-refractivity contribution < 1.29 is 31.8 Å². The Kier molecular flexibility index (Phi) is 6.78. The molecular formula is C19H18F3N3O5S. The van der Waals surface area contributed by atoms with Crippen molar-refractivity contribution in [2.45, 2.75) is 10.4 Å². The van der Waals surface area contributed by atoms with Crippen LogP contribution in [0.5, 0.6) is 5.75 Å². The van der Waals surface area contributed by atoms with Crippen molar-refractivity contribution in [3.8, 4) is 5.75 Å². The summed E-state index contributed by atoms with van der Waals surface area (Å²) in [6.07, 6.45) is 0.